The van der Waals surface area contributed by atoms with E-state index in [4.69, 9.17) is 18.6 Å². The highest BCUT2D eigenvalue weighted by Gasteiger charge is 2.41. The van der Waals surface area contributed by atoms with Crippen molar-refractivity contribution in [1.82, 2.24) is 0 Å². The molecule has 7 nitrogen and oxygen atoms in total. The van der Waals surface area contributed by atoms with Gasteiger partial charge in [0, 0.05) is 11.6 Å². The van der Waals surface area contributed by atoms with Gasteiger partial charge in [-0.1, -0.05) is 20.8 Å². The van der Waals surface area contributed by atoms with E-state index in [1.54, 1.807) is 6.07 Å². The summed E-state index contributed by atoms with van der Waals surface area (Å²) in [6, 6.07) is 7.92. The third kappa shape index (κ3) is 5.21. The van der Waals surface area contributed by atoms with Gasteiger partial charge in [-0.2, -0.15) is 13.2 Å². The van der Waals surface area contributed by atoms with Gasteiger partial charge in [0.05, 0.1) is 18.5 Å². The summed E-state index contributed by atoms with van der Waals surface area (Å²) in [5, 5.41) is 10.3. The van der Waals surface area contributed by atoms with Gasteiger partial charge in [0.1, 0.15) is 29.4 Å². The number of halogens is 3. The molecule has 0 aliphatic heterocycles. The lowest BCUT2D eigenvalue weighted by Crippen LogP contribution is -2.28. The third-order valence-corrected chi connectivity index (χ3v) is 4.64. The Labute approximate surface area is 186 Å². The maximum absolute atomic E-state index is 13.8. The molecule has 0 fully saturated rings. The molecule has 3 rings (SSSR count). The smallest absolute Gasteiger partial charge is 0.453 e. The number of aliphatic carboxylic acids is 1. The highest BCUT2D eigenvalue weighted by Crippen LogP contribution is 2.41. The highest BCUT2D eigenvalue weighted by atomic mass is 19.4. The number of fused-ring (bicyclic) bond motifs is 1. The van der Waals surface area contributed by atoms with Crippen LogP contribution in [0.3, 0.4) is 0 Å². The van der Waals surface area contributed by atoms with Gasteiger partial charge in [-0.05, 0) is 35.7 Å². The van der Waals surface area contributed by atoms with Crippen LogP contribution in [0, 0.1) is 0 Å². The molecule has 33 heavy (non-hydrogen) atoms. The van der Waals surface area contributed by atoms with Crippen molar-refractivity contribution in [2.75, 3.05) is 13.7 Å². The minimum atomic E-state index is -5.06. The number of carbonyl (C=O) groups is 1. The molecule has 0 atom stereocenters. The summed E-state index contributed by atoms with van der Waals surface area (Å²) in [7, 11) is 1.45. The Morgan fingerprint density at radius 2 is 1.73 bits per heavy atom. The number of ether oxygens (including phenoxy) is 3. The Hall–Kier alpha value is -3.69. The Bertz CT molecular complexity index is 1250. The van der Waals surface area contributed by atoms with Gasteiger partial charge in [-0.3, -0.25) is 4.79 Å². The minimum Gasteiger partial charge on any atom is -0.546 e. The van der Waals surface area contributed by atoms with Gasteiger partial charge >= 0.3 is 6.18 Å². The Morgan fingerprint density at radius 3 is 2.30 bits per heavy atom. The van der Waals surface area contributed by atoms with Crippen molar-refractivity contribution >= 4 is 16.9 Å². The zero-order chi connectivity index (χ0) is 24.6. The van der Waals surface area contributed by atoms with Gasteiger partial charge in [-0.15, -0.1) is 0 Å². The van der Waals surface area contributed by atoms with Crippen LogP contribution in [-0.4, -0.2) is 19.7 Å². The molecule has 0 spiro atoms. The monoisotopic (exact) mass is 465 g/mol. The first kappa shape index (κ1) is 24.0. The van der Waals surface area contributed by atoms with Gasteiger partial charge < -0.3 is 28.5 Å². The van der Waals surface area contributed by atoms with Crippen molar-refractivity contribution in [3.05, 3.63) is 57.9 Å². The molecule has 3 aromatic rings. The van der Waals surface area contributed by atoms with Crippen LogP contribution in [0.5, 0.6) is 23.0 Å². The molecule has 0 radical (unpaired) electrons. The molecule has 0 aliphatic rings. The van der Waals surface area contributed by atoms with Gasteiger partial charge in [0.25, 0.3) is 5.76 Å². The lowest BCUT2D eigenvalue weighted by Gasteiger charge is -2.24. The van der Waals surface area contributed by atoms with E-state index < -0.39 is 46.7 Å². The molecule has 2 aromatic carbocycles. The van der Waals surface area contributed by atoms with E-state index in [0.29, 0.717) is 11.3 Å². The normalized spacial score (nSPS) is 12.0. The predicted octanol–water partition coefficient (Wildman–Crippen LogP) is 4.04. The lowest BCUT2D eigenvalue weighted by atomic mass is 9.86. The standard InChI is InChI=1S/C23H21F3O7/c1-22(2,3)15-9-12(30-4)6-8-16(15)32-20-19(29)14-7-5-13(31-11-18(27)28)10-17(14)33-21(20)23(24,25)26/h5-10H,11H2,1-4H3,(H,27,28)/p-1. The van der Waals surface area contributed by atoms with Crippen molar-refractivity contribution in [3.8, 4) is 23.0 Å². The summed E-state index contributed by atoms with van der Waals surface area (Å²) in [6.07, 6.45) is -5.06. The summed E-state index contributed by atoms with van der Waals surface area (Å²) >= 11 is 0. The Morgan fingerprint density at radius 1 is 1.06 bits per heavy atom. The minimum absolute atomic E-state index is 0.0364. The number of methoxy groups -OCH3 is 1. The molecular formula is C23H20F3O7-. The molecule has 0 amide bonds. The number of hydrogen-bond donors (Lipinski definition) is 0. The molecule has 10 heteroatoms. The second-order valence-electron chi connectivity index (χ2n) is 8.12. The van der Waals surface area contributed by atoms with Crippen molar-refractivity contribution in [1.29, 1.82) is 0 Å². The van der Waals surface area contributed by atoms with Gasteiger partial charge in [0.2, 0.25) is 11.2 Å². The van der Waals surface area contributed by atoms with Crippen LogP contribution in [0.1, 0.15) is 32.1 Å². The first-order valence-electron chi connectivity index (χ1n) is 9.68. The molecule has 0 unspecified atom stereocenters. The summed E-state index contributed by atoms with van der Waals surface area (Å²) in [5.74, 6) is -3.78. The lowest BCUT2D eigenvalue weighted by molar-refractivity contribution is -0.307. The van der Waals surface area contributed by atoms with Crippen LogP contribution in [0.2, 0.25) is 0 Å². The van der Waals surface area contributed by atoms with Crippen LogP contribution in [0.4, 0.5) is 13.2 Å². The molecule has 0 saturated heterocycles. The summed E-state index contributed by atoms with van der Waals surface area (Å²) < 4.78 is 62.1. The molecule has 1 aromatic heterocycles. The second kappa shape index (κ2) is 8.68. The third-order valence-electron chi connectivity index (χ3n) is 4.64. The maximum Gasteiger partial charge on any atom is 0.453 e. The molecule has 0 aliphatic carbocycles. The fourth-order valence-corrected chi connectivity index (χ4v) is 3.09. The quantitative estimate of drug-likeness (QED) is 0.542. The van der Waals surface area contributed by atoms with E-state index in [2.05, 4.69) is 0 Å². The summed E-state index contributed by atoms with van der Waals surface area (Å²) in [4.78, 5) is 23.6. The average Bonchev–Trinajstić information content (AvgIpc) is 2.72. The summed E-state index contributed by atoms with van der Waals surface area (Å²) in [6.45, 7) is 4.67. The van der Waals surface area contributed by atoms with E-state index in [9.17, 15) is 27.9 Å². The fraction of sp³-hybridized carbons (Fsp3) is 0.304. The number of carbonyl (C=O) groups excluding carboxylic acids is 1. The van der Waals surface area contributed by atoms with Crippen molar-refractivity contribution in [2.24, 2.45) is 0 Å². The number of hydrogen-bond acceptors (Lipinski definition) is 7. The molecule has 0 saturated carbocycles. The predicted molar refractivity (Wildman–Crippen MR) is 110 cm³/mol. The maximum atomic E-state index is 13.8. The molecule has 0 N–H and O–H groups in total. The van der Waals surface area contributed by atoms with Gasteiger partial charge in [0.15, 0.2) is 0 Å². The van der Waals surface area contributed by atoms with Gasteiger partial charge in [-0.25, -0.2) is 0 Å². The summed E-state index contributed by atoms with van der Waals surface area (Å²) in [5.41, 5.74) is -1.53. The zero-order valence-corrected chi connectivity index (χ0v) is 18.2. The highest BCUT2D eigenvalue weighted by molar-refractivity contribution is 5.80. The number of carboxylic acids is 1. The number of benzene rings is 2. The average molecular weight is 465 g/mol. The molecule has 1 heterocycles. The topological polar surface area (TPSA) is 98.0 Å². The van der Waals surface area contributed by atoms with Crippen LogP contribution in [0.25, 0.3) is 11.0 Å². The number of alkyl halides is 3. The molecule has 176 valence electrons. The number of carboxylic acid groups (broad SMARTS) is 1. The molecular weight excluding hydrogens is 445 g/mol. The second-order valence-corrected chi connectivity index (χ2v) is 8.12. The van der Waals surface area contributed by atoms with Crippen molar-refractivity contribution in [2.45, 2.75) is 32.4 Å². The van der Waals surface area contributed by atoms with Crippen LogP contribution >= 0.6 is 0 Å². The Kier molecular flexibility index (Phi) is 6.31. The number of rotatable bonds is 6. The van der Waals surface area contributed by atoms with Crippen molar-refractivity contribution in [3.63, 3.8) is 0 Å². The van der Waals surface area contributed by atoms with E-state index in [1.165, 1.54) is 25.3 Å². The zero-order valence-electron chi connectivity index (χ0n) is 18.2. The van der Waals surface area contributed by atoms with E-state index in [-0.39, 0.29) is 16.9 Å². The largest absolute Gasteiger partial charge is 0.546 e. The van der Waals surface area contributed by atoms with Crippen LogP contribution in [0.15, 0.2) is 45.6 Å². The van der Waals surface area contributed by atoms with Crippen LogP contribution in [-0.2, 0) is 16.4 Å². The van der Waals surface area contributed by atoms with Crippen LogP contribution < -0.4 is 24.7 Å². The Balaban J connectivity index is 2.19. The SMILES string of the molecule is COc1ccc(Oc2c(C(F)(F)F)oc3cc(OCC(=O)[O-])ccc3c2=O)c(C(C)(C)C)c1. The fourth-order valence-electron chi connectivity index (χ4n) is 3.09. The van der Waals surface area contributed by atoms with E-state index in [0.717, 1.165) is 12.1 Å². The first-order valence-corrected chi connectivity index (χ1v) is 9.68. The van der Waals surface area contributed by atoms with E-state index in [1.807, 2.05) is 20.8 Å². The molecule has 0 bridgehead atoms. The van der Waals surface area contributed by atoms with E-state index >= 15 is 0 Å². The van der Waals surface area contributed by atoms with Crippen molar-refractivity contribution < 1.29 is 41.7 Å². The first-order chi connectivity index (χ1) is 15.3.